The summed E-state index contributed by atoms with van der Waals surface area (Å²) in [5, 5.41) is 7.98. The first-order valence-electron chi connectivity index (χ1n) is 8.22. The zero-order valence-corrected chi connectivity index (χ0v) is 14.0. The van der Waals surface area contributed by atoms with E-state index in [0.29, 0.717) is 12.0 Å². The molecule has 2 aromatic carbocycles. The maximum absolute atomic E-state index is 6.26. The van der Waals surface area contributed by atoms with Gasteiger partial charge in [-0.2, -0.15) is 0 Å². The van der Waals surface area contributed by atoms with Crippen LogP contribution in [0.1, 0.15) is 24.3 Å². The Kier molecular flexibility index (Phi) is 3.92. The van der Waals surface area contributed by atoms with E-state index in [2.05, 4.69) is 28.8 Å². The monoisotopic (exact) mass is 328 g/mol. The van der Waals surface area contributed by atoms with Crippen LogP contribution in [0.4, 0.5) is 5.69 Å². The van der Waals surface area contributed by atoms with E-state index in [1.54, 1.807) is 7.11 Å². The summed E-state index contributed by atoms with van der Waals surface area (Å²) < 4.78 is 5.58. The molecular weight excluding hydrogens is 308 g/mol. The Labute approximate surface area is 142 Å². The van der Waals surface area contributed by atoms with Gasteiger partial charge in [0.25, 0.3) is 0 Å². The second-order valence-corrected chi connectivity index (χ2v) is 6.73. The molecule has 23 heavy (non-hydrogen) atoms. The van der Waals surface area contributed by atoms with Crippen LogP contribution in [0.25, 0.3) is 11.1 Å². The lowest BCUT2D eigenvalue weighted by Crippen LogP contribution is -2.21. The number of hydrogen-bond donors (Lipinski definition) is 2. The minimum atomic E-state index is 0.520. The van der Waals surface area contributed by atoms with Gasteiger partial charge in [-0.05, 0) is 61.3 Å². The van der Waals surface area contributed by atoms with Gasteiger partial charge in [0, 0.05) is 28.2 Å². The zero-order valence-electron chi connectivity index (χ0n) is 13.2. The summed E-state index contributed by atoms with van der Waals surface area (Å²) >= 11 is 6.26. The lowest BCUT2D eigenvalue weighted by Gasteiger charge is -2.19. The van der Waals surface area contributed by atoms with E-state index in [0.717, 1.165) is 42.3 Å². The molecule has 2 aliphatic rings. The quantitative estimate of drug-likeness (QED) is 0.863. The van der Waals surface area contributed by atoms with E-state index < -0.39 is 0 Å². The Balaban J connectivity index is 1.87. The highest BCUT2D eigenvalue weighted by Gasteiger charge is 2.35. The van der Waals surface area contributed by atoms with Gasteiger partial charge in [0.2, 0.25) is 0 Å². The largest absolute Gasteiger partial charge is 0.496 e. The Hall–Kier alpha value is -1.71. The molecule has 2 aliphatic heterocycles. The highest BCUT2D eigenvalue weighted by Crippen LogP contribution is 2.47. The van der Waals surface area contributed by atoms with Crippen molar-refractivity contribution in [1.29, 1.82) is 0 Å². The number of fused-ring (bicyclic) bond motifs is 3. The number of nitrogens with one attached hydrogen (secondary N) is 2. The van der Waals surface area contributed by atoms with Crippen LogP contribution in [-0.2, 0) is 0 Å². The first kappa shape index (κ1) is 14.9. The van der Waals surface area contributed by atoms with Gasteiger partial charge in [-0.15, -0.1) is 0 Å². The molecule has 2 aromatic rings. The third-order valence-corrected chi connectivity index (χ3v) is 5.25. The van der Waals surface area contributed by atoms with E-state index in [1.165, 1.54) is 16.8 Å². The summed E-state index contributed by atoms with van der Waals surface area (Å²) in [6, 6.07) is 12.9. The van der Waals surface area contributed by atoms with Gasteiger partial charge in [-0.3, -0.25) is 0 Å². The van der Waals surface area contributed by atoms with Crippen LogP contribution in [0.3, 0.4) is 0 Å². The molecule has 1 saturated heterocycles. The van der Waals surface area contributed by atoms with Crippen molar-refractivity contribution >= 4 is 17.3 Å². The van der Waals surface area contributed by atoms with Gasteiger partial charge in [0.05, 0.1) is 7.11 Å². The number of hydrogen-bond acceptors (Lipinski definition) is 3. The van der Waals surface area contributed by atoms with Crippen LogP contribution in [0.5, 0.6) is 5.75 Å². The second kappa shape index (κ2) is 6.06. The molecule has 2 atom stereocenters. The highest BCUT2D eigenvalue weighted by atomic mass is 35.5. The molecule has 0 aromatic heterocycles. The fraction of sp³-hybridized carbons (Fsp3) is 0.368. The third kappa shape index (κ3) is 2.58. The van der Waals surface area contributed by atoms with Crippen LogP contribution in [0.15, 0.2) is 36.4 Å². The number of halogens is 1. The van der Waals surface area contributed by atoms with Crippen molar-refractivity contribution in [3.63, 3.8) is 0 Å². The summed E-state index contributed by atoms with van der Waals surface area (Å²) in [7, 11) is 1.71. The maximum atomic E-state index is 6.26. The van der Waals surface area contributed by atoms with Gasteiger partial charge >= 0.3 is 0 Å². The molecule has 0 unspecified atom stereocenters. The van der Waals surface area contributed by atoms with E-state index in [9.17, 15) is 0 Å². The first-order valence-corrected chi connectivity index (χ1v) is 8.60. The molecule has 0 bridgehead atoms. The molecule has 0 aliphatic carbocycles. The molecule has 0 amide bonds. The molecule has 1 fully saturated rings. The second-order valence-electron chi connectivity index (χ2n) is 6.30. The fourth-order valence-corrected chi connectivity index (χ4v) is 4.15. The molecule has 3 nitrogen and oxygen atoms in total. The van der Waals surface area contributed by atoms with Gasteiger partial charge < -0.3 is 15.4 Å². The van der Waals surface area contributed by atoms with Gasteiger partial charge in [-0.25, -0.2) is 0 Å². The Morgan fingerprint density at radius 3 is 2.83 bits per heavy atom. The molecule has 120 valence electrons. The molecular formula is C19H21ClN2O. The van der Waals surface area contributed by atoms with Gasteiger partial charge in [0.15, 0.2) is 0 Å². The lowest BCUT2D eigenvalue weighted by atomic mass is 9.85. The van der Waals surface area contributed by atoms with E-state index in [4.69, 9.17) is 16.3 Å². The van der Waals surface area contributed by atoms with Crippen molar-refractivity contribution in [1.82, 2.24) is 5.32 Å². The smallest absolute Gasteiger partial charge is 0.126 e. The van der Waals surface area contributed by atoms with Crippen LogP contribution >= 0.6 is 11.6 Å². The Morgan fingerprint density at radius 2 is 1.96 bits per heavy atom. The number of ether oxygens (including phenoxy) is 1. The van der Waals surface area contributed by atoms with Gasteiger partial charge in [-0.1, -0.05) is 23.7 Å². The zero-order chi connectivity index (χ0) is 15.8. The van der Waals surface area contributed by atoms with Crippen molar-refractivity contribution < 1.29 is 4.74 Å². The molecule has 0 spiro atoms. The van der Waals surface area contributed by atoms with E-state index in [1.807, 2.05) is 18.2 Å². The Morgan fingerprint density at radius 1 is 1.09 bits per heavy atom. The molecule has 0 saturated carbocycles. The van der Waals surface area contributed by atoms with Crippen LogP contribution in [0, 0.1) is 0 Å². The first-order chi connectivity index (χ1) is 11.3. The highest BCUT2D eigenvalue weighted by molar-refractivity contribution is 6.31. The summed E-state index contributed by atoms with van der Waals surface area (Å²) in [6.45, 7) is 2.15. The topological polar surface area (TPSA) is 33.3 Å². The van der Waals surface area contributed by atoms with Crippen LogP contribution in [0.2, 0.25) is 5.02 Å². The predicted molar refractivity (Wildman–Crippen MR) is 95.7 cm³/mol. The normalized spacial score (nSPS) is 22.7. The summed E-state index contributed by atoms with van der Waals surface area (Å²) in [5.41, 5.74) is 5.00. The van der Waals surface area contributed by atoms with Crippen molar-refractivity contribution in [2.75, 3.05) is 25.5 Å². The minimum absolute atomic E-state index is 0.520. The SMILES string of the molecule is COc1ccc(Cl)cc1-c1cccc2c1[C@H]1CCNCC[C@@H]1N2. The van der Waals surface area contributed by atoms with Crippen LogP contribution in [-0.4, -0.2) is 26.2 Å². The number of anilines is 1. The van der Waals surface area contributed by atoms with Crippen molar-refractivity contribution in [3.05, 3.63) is 47.0 Å². The summed E-state index contributed by atoms with van der Waals surface area (Å²) in [5.74, 6) is 1.41. The lowest BCUT2D eigenvalue weighted by molar-refractivity contribution is 0.416. The average molecular weight is 329 g/mol. The third-order valence-electron chi connectivity index (χ3n) is 5.02. The van der Waals surface area contributed by atoms with Crippen LogP contribution < -0.4 is 15.4 Å². The predicted octanol–water partition coefficient (Wildman–Crippen LogP) is 4.28. The molecule has 2 N–H and O–H groups in total. The number of methoxy groups -OCH3 is 1. The van der Waals surface area contributed by atoms with Crippen molar-refractivity contribution in [3.8, 4) is 16.9 Å². The molecule has 0 radical (unpaired) electrons. The number of benzene rings is 2. The minimum Gasteiger partial charge on any atom is -0.496 e. The average Bonchev–Trinajstić information content (AvgIpc) is 2.76. The molecule has 2 heterocycles. The molecule has 4 rings (SSSR count). The maximum Gasteiger partial charge on any atom is 0.126 e. The summed E-state index contributed by atoms with van der Waals surface area (Å²) in [4.78, 5) is 0. The van der Waals surface area contributed by atoms with Crippen molar-refractivity contribution in [2.45, 2.75) is 24.8 Å². The standard InChI is InChI=1S/C19H21ClN2O/c1-23-18-6-5-12(20)11-15(18)13-3-2-4-17-19(13)14-7-9-21-10-8-16(14)22-17/h2-6,11,14,16,21-22H,7-10H2,1H3/t14-,16-/m0/s1. The molecule has 4 heteroatoms. The fourth-order valence-electron chi connectivity index (χ4n) is 3.98. The van der Waals surface area contributed by atoms with E-state index in [-0.39, 0.29) is 0 Å². The van der Waals surface area contributed by atoms with E-state index >= 15 is 0 Å². The van der Waals surface area contributed by atoms with Crippen molar-refractivity contribution in [2.24, 2.45) is 0 Å². The summed E-state index contributed by atoms with van der Waals surface area (Å²) in [6.07, 6.45) is 2.32. The number of rotatable bonds is 2. The Bertz CT molecular complexity index is 731. The van der Waals surface area contributed by atoms with Gasteiger partial charge in [0.1, 0.15) is 5.75 Å².